The highest BCUT2D eigenvalue weighted by Gasteiger charge is 2.12. The second-order valence-electron chi connectivity index (χ2n) is 3.43. The maximum Gasteiger partial charge on any atom is 0.356 e. The first kappa shape index (κ1) is 10.4. The summed E-state index contributed by atoms with van der Waals surface area (Å²) in [6, 6.07) is 11.1. The number of aryl methyl sites for hydroxylation is 1. The van der Waals surface area contributed by atoms with Gasteiger partial charge in [-0.3, -0.25) is 0 Å². The van der Waals surface area contributed by atoms with Crippen molar-refractivity contribution in [1.82, 2.24) is 9.78 Å². The van der Waals surface area contributed by atoms with Crippen molar-refractivity contribution in [3.8, 4) is 5.69 Å². The van der Waals surface area contributed by atoms with Crippen LogP contribution in [0.15, 0.2) is 36.4 Å². The van der Waals surface area contributed by atoms with E-state index in [4.69, 9.17) is 5.11 Å². The van der Waals surface area contributed by atoms with Gasteiger partial charge in [0.15, 0.2) is 5.69 Å². The van der Waals surface area contributed by atoms with E-state index in [9.17, 15) is 4.79 Å². The maximum atomic E-state index is 10.8. The Kier molecular flexibility index (Phi) is 2.72. The van der Waals surface area contributed by atoms with Crippen LogP contribution in [-0.4, -0.2) is 20.9 Å². The zero-order valence-electron chi connectivity index (χ0n) is 8.92. The summed E-state index contributed by atoms with van der Waals surface area (Å²) < 4.78 is 1.67. The summed E-state index contributed by atoms with van der Waals surface area (Å²) in [5.41, 5.74) is 1.86. The van der Waals surface area contributed by atoms with Crippen LogP contribution in [0.4, 0.5) is 0 Å². The Bertz CT molecular complexity index is 503. The smallest absolute Gasteiger partial charge is 0.356 e. The first-order valence-corrected chi connectivity index (χ1v) is 5.10. The van der Waals surface area contributed by atoms with Gasteiger partial charge < -0.3 is 5.11 Å². The fraction of sp³-hybridized carbons (Fsp3) is 0.167. The van der Waals surface area contributed by atoms with Crippen LogP contribution in [0, 0.1) is 0 Å². The molecule has 0 atom stereocenters. The van der Waals surface area contributed by atoms with Gasteiger partial charge in [-0.25, -0.2) is 9.48 Å². The molecule has 4 nitrogen and oxygen atoms in total. The average Bonchev–Trinajstić information content (AvgIpc) is 2.74. The van der Waals surface area contributed by atoms with Crippen molar-refractivity contribution >= 4 is 5.97 Å². The molecule has 0 fully saturated rings. The average molecular weight is 216 g/mol. The van der Waals surface area contributed by atoms with E-state index in [0.717, 1.165) is 17.8 Å². The molecule has 0 aliphatic heterocycles. The SMILES string of the molecule is CCc1cc(C(=O)O)nn1-c1ccccc1. The molecule has 2 aromatic rings. The molecule has 0 aliphatic rings. The molecule has 0 amide bonds. The molecule has 1 aromatic heterocycles. The molecule has 2 rings (SSSR count). The lowest BCUT2D eigenvalue weighted by Crippen LogP contribution is -2.03. The number of aromatic nitrogens is 2. The molecule has 1 N–H and O–H groups in total. The maximum absolute atomic E-state index is 10.8. The van der Waals surface area contributed by atoms with Gasteiger partial charge in [-0.1, -0.05) is 25.1 Å². The summed E-state index contributed by atoms with van der Waals surface area (Å²) in [5.74, 6) is -0.996. The number of carboxylic acids is 1. The zero-order chi connectivity index (χ0) is 11.5. The first-order valence-electron chi connectivity index (χ1n) is 5.10. The van der Waals surface area contributed by atoms with E-state index < -0.39 is 5.97 Å². The van der Waals surface area contributed by atoms with Crippen molar-refractivity contribution in [2.24, 2.45) is 0 Å². The topological polar surface area (TPSA) is 55.1 Å². The number of rotatable bonds is 3. The molecule has 0 aliphatic carbocycles. The number of carboxylic acid groups (broad SMARTS) is 1. The minimum Gasteiger partial charge on any atom is -0.476 e. The normalized spacial score (nSPS) is 10.3. The van der Waals surface area contributed by atoms with E-state index in [1.165, 1.54) is 0 Å². The highest BCUT2D eigenvalue weighted by atomic mass is 16.4. The van der Waals surface area contributed by atoms with E-state index in [-0.39, 0.29) is 5.69 Å². The van der Waals surface area contributed by atoms with Gasteiger partial charge in [-0.15, -0.1) is 0 Å². The van der Waals surface area contributed by atoms with E-state index in [1.807, 2.05) is 37.3 Å². The summed E-state index contributed by atoms with van der Waals surface area (Å²) in [5, 5.41) is 13.0. The van der Waals surface area contributed by atoms with Crippen LogP contribution in [0.2, 0.25) is 0 Å². The number of aromatic carboxylic acids is 1. The Labute approximate surface area is 93.1 Å². The summed E-state index contributed by atoms with van der Waals surface area (Å²) in [6.07, 6.45) is 0.745. The molecular formula is C12H12N2O2. The molecule has 0 saturated heterocycles. The minimum absolute atomic E-state index is 0.0840. The summed E-state index contributed by atoms with van der Waals surface area (Å²) in [4.78, 5) is 10.8. The Hall–Kier alpha value is -2.10. The van der Waals surface area contributed by atoms with Gasteiger partial charge >= 0.3 is 5.97 Å². The van der Waals surface area contributed by atoms with Crippen LogP contribution in [-0.2, 0) is 6.42 Å². The van der Waals surface area contributed by atoms with Crippen LogP contribution in [0.5, 0.6) is 0 Å². The Morgan fingerprint density at radius 1 is 1.38 bits per heavy atom. The summed E-state index contributed by atoms with van der Waals surface area (Å²) in [7, 11) is 0. The lowest BCUT2D eigenvalue weighted by molar-refractivity contribution is 0.0690. The number of carbonyl (C=O) groups is 1. The van der Waals surface area contributed by atoms with Gasteiger partial charge in [-0.2, -0.15) is 5.10 Å². The monoisotopic (exact) mass is 216 g/mol. The molecule has 0 bridgehead atoms. The van der Waals surface area contributed by atoms with Crippen LogP contribution >= 0.6 is 0 Å². The van der Waals surface area contributed by atoms with Gasteiger partial charge in [0.25, 0.3) is 0 Å². The van der Waals surface area contributed by atoms with Crippen molar-refractivity contribution in [2.45, 2.75) is 13.3 Å². The van der Waals surface area contributed by atoms with Crippen LogP contribution < -0.4 is 0 Å². The number of hydrogen-bond donors (Lipinski definition) is 1. The molecule has 0 radical (unpaired) electrons. The summed E-state index contributed by atoms with van der Waals surface area (Å²) in [6.45, 7) is 1.97. The quantitative estimate of drug-likeness (QED) is 0.855. The van der Waals surface area contributed by atoms with Crippen molar-refractivity contribution in [1.29, 1.82) is 0 Å². The predicted octanol–water partition coefficient (Wildman–Crippen LogP) is 2.13. The number of para-hydroxylation sites is 1. The molecule has 1 heterocycles. The van der Waals surface area contributed by atoms with Crippen molar-refractivity contribution in [3.63, 3.8) is 0 Å². The minimum atomic E-state index is -0.996. The van der Waals surface area contributed by atoms with E-state index in [1.54, 1.807) is 10.7 Å². The molecule has 0 spiro atoms. The highest BCUT2D eigenvalue weighted by Crippen LogP contribution is 2.13. The van der Waals surface area contributed by atoms with Gasteiger partial charge in [-0.05, 0) is 24.6 Å². The molecular weight excluding hydrogens is 204 g/mol. The van der Waals surface area contributed by atoms with Crippen molar-refractivity contribution in [2.75, 3.05) is 0 Å². The van der Waals surface area contributed by atoms with Crippen molar-refractivity contribution < 1.29 is 9.90 Å². The third-order valence-electron chi connectivity index (χ3n) is 2.37. The lowest BCUT2D eigenvalue weighted by atomic mass is 10.2. The molecule has 0 unspecified atom stereocenters. The third-order valence-corrected chi connectivity index (χ3v) is 2.37. The molecule has 1 aromatic carbocycles. The van der Waals surface area contributed by atoms with E-state index in [2.05, 4.69) is 5.10 Å². The standard InChI is InChI=1S/C12H12N2O2/c1-2-9-8-11(12(15)16)13-14(9)10-6-4-3-5-7-10/h3-8H,2H2,1H3,(H,15,16). The lowest BCUT2D eigenvalue weighted by Gasteiger charge is -2.04. The van der Waals surface area contributed by atoms with Crippen LogP contribution in [0.25, 0.3) is 5.69 Å². The predicted molar refractivity (Wildman–Crippen MR) is 59.9 cm³/mol. The first-order chi connectivity index (χ1) is 7.72. The second kappa shape index (κ2) is 4.18. The van der Waals surface area contributed by atoms with E-state index in [0.29, 0.717) is 0 Å². The Balaban J connectivity index is 2.52. The van der Waals surface area contributed by atoms with Gasteiger partial charge in [0.1, 0.15) is 0 Å². The van der Waals surface area contributed by atoms with Gasteiger partial charge in [0.2, 0.25) is 0 Å². The van der Waals surface area contributed by atoms with Crippen molar-refractivity contribution in [3.05, 3.63) is 47.8 Å². The van der Waals surface area contributed by atoms with Crippen LogP contribution in [0.3, 0.4) is 0 Å². The van der Waals surface area contributed by atoms with E-state index >= 15 is 0 Å². The fourth-order valence-electron chi connectivity index (χ4n) is 1.57. The fourth-order valence-corrected chi connectivity index (χ4v) is 1.57. The zero-order valence-corrected chi connectivity index (χ0v) is 8.92. The second-order valence-corrected chi connectivity index (χ2v) is 3.43. The number of benzene rings is 1. The Morgan fingerprint density at radius 3 is 2.62 bits per heavy atom. The summed E-state index contributed by atoms with van der Waals surface area (Å²) >= 11 is 0. The van der Waals surface area contributed by atoms with Crippen LogP contribution in [0.1, 0.15) is 23.1 Å². The molecule has 0 saturated carbocycles. The molecule has 4 heteroatoms. The number of nitrogens with zero attached hydrogens (tertiary/aromatic N) is 2. The molecule has 16 heavy (non-hydrogen) atoms. The van der Waals surface area contributed by atoms with Gasteiger partial charge in [0.05, 0.1) is 5.69 Å². The largest absolute Gasteiger partial charge is 0.476 e. The number of hydrogen-bond acceptors (Lipinski definition) is 2. The Morgan fingerprint density at radius 2 is 2.06 bits per heavy atom. The highest BCUT2D eigenvalue weighted by molar-refractivity contribution is 5.85. The van der Waals surface area contributed by atoms with Gasteiger partial charge in [0, 0.05) is 5.69 Å². The third kappa shape index (κ3) is 1.82. The molecule has 82 valence electrons.